The molecule has 0 radical (unpaired) electrons. The first-order valence-electron chi connectivity index (χ1n) is 8.27. The Morgan fingerprint density at radius 3 is 1.67 bits per heavy atom. The first kappa shape index (κ1) is 18.2. The van der Waals surface area contributed by atoms with Gasteiger partial charge in [-0.25, -0.2) is 0 Å². The Bertz CT molecular complexity index is 919. The Labute approximate surface area is 156 Å². The number of rotatable bonds is 6. The molecule has 0 aliphatic rings. The van der Waals surface area contributed by atoms with Crippen LogP contribution in [0.2, 0.25) is 0 Å². The number of aromatic hydroxyl groups is 2. The molecule has 5 heteroatoms. The fraction of sp³-hybridized carbons (Fsp3) is 0.0909. The molecular weight excluding hydrogens is 344 g/mol. The highest BCUT2D eigenvalue weighted by Gasteiger charge is 2.24. The standard InChI is InChI=1S/C22H18O5/c1-27-17-6-4-16(5-7-17)22(18-10-14(12-23)2-8-20(18)25)19-11-15(13-24)3-9-21(19)26/h2-13,22,25-26H,1H3. The second-order valence-electron chi connectivity index (χ2n) is 6.08. The maximum atomic E-state index is 11.2. The second-order valence-corrected chi connectivity index (χ2v) is 6.08. The number of phenolic OH excluding ortho intramolecular Hbond substituents is 2. The molecule has 0 amide bonds. The molecule has 0 saturated carbocycles. The maximum Gasteiger partial charge on any atom is 0.150 e. The Kier molecular flexibility index (Phi) is 5.22. The number of carbonyl (C=O) groups excluding carboxylic acids is 2. The van der Waals surface area contributed by atoms with Crippen LogP contribution >= 0.6 is 0 Å². The second kappa shape index (κ2) is 7.74. The van der Waals surface area contributed by atoms with E-state index in [0.29, 0.717) is 40.6 Å². The van der Waals surface area contributed by atoms with Gasteiger partial charge < -0.3 is 14.9 Å². The van der Waals surface area contributed by atoms with Crippen LogP contribution in [0.15, 0.2) is 60.7 Å². The number of benzene rings is 3. The van der Waals surface area contributed by atoms with Crippen LogP contribution in [0.1, 0.15) is 43.3 Å². The number of carbonyl (C=O) groups is 2. The number of aldehydes is 2. The summed E-state index contributed by atoms with van der Waals surface area (Å²) in [5.74, 6) is 0.0413. The quantitative estimate of drug-likeness (QED) is 0.513. The molecule has 5 nitrogen and oxygen atoms in total. The van der Waals surface area contributed by atoms with Crippen LogP contribution in [0.4, 0.5) is 0 Å². The van der Waals surface area contributed by atoms with Gasteiger partial charge in [0, 0.05) is 28.2 Å². The molecule has 0 bridgehead atoms. The van der Waals surface area contributed by atoms with E-state index in [9.17, 15) is 19.8 Å². The molecule has 0 unspecified atom stereocenters. The van der Waals surface area contributed by atoms with Crippen molar-refractivity contribution in [2.75, 3.05) is 7.11 Å². The minimum atomic E-state index is -0.587. The fourth-order valence-electron chi connectivity index (χ4n) is 3.08. The van der Waals surface area contributed by atoms with Crippen molar-refractivity contribution >= 4 is 12.6 Å². The van der Waals surface area contributed by atoms with Crippen LogP contribution in [0.3, 0.4) is 0 Å². The Hall–Kier alpha value is -3.60. The SMILES string of the molecule is COc1ccc(C(c2cc(C=O)ccc2O)c2cc(C=O)ccc2O)cc1. The third-order valence-corrected chi connectivity index (χ3v) is 4.45. The molecular formula is C22H18O5. The lowest BCUT2D eigenvalue weighted by molar-refractivity contribution is 0.111. The van der Waals surface area contributed by atoms with Crippen LogP contribution in [-0.4, -0.2) is 29.9 Å². The van der Waals surface area contributed by atoms with Crippen LogP contribution in [0, 0.1) is 0 Å². The van der Waals surface area contributed by atoms with Crippen LogP contribution in [-0.2, 0) is 0 Å². The summed E-state index contributed by atoms with van der Waals surface area (Å²) in [6.45, 7) is 0. The maximum absolute atomic E-state index is 11.2. The van der Waals surface area contributed by atoms with E-state index in [4.69, 9.17) is 4.74 Å². The molecule has 2 N–H and O–H groups in total. The Morgan fingerprint density at radius 1 is 0.778 bits per heavy atom. The van der Waals surface area contributed by atoms with Gasteiger partial charge in [0.2, 0.25) is 0 Å². The molecule has 0 aliphatic heterocycles. The molecule has 3 aromatic carbocycles. The van der Waals surface area contributed by atoms with Crippen molar-refractivity contribution in [2.24, 2.45) is 0 Å². The van der Waals surface area contributed by atoms with Crippen LogP contribution in [0.25, 0.3) is 0 Å². The van der Waals surface area contributed by atoms with Crippen molar-refractivity contribution < 1.29 is 24.5 Å². The third-order valence-electron chi connectivity index (χ3n) is 4.45. The highest BCUT2D eigenvalue weighted by molar-refractivity contribution is 5.77. The van der Waals surface area contributed by atoms with Crippen molar-refractivity contribution in [1.29, 1.82) is 0 Å². The third kappa shape index (κ3) is 3.67. The summed E-state index contributed by atoms with van der Waals surface area (Å²) in [5, 5.41) is 20.9. The molecule has 0 fully saturated rings. The Morgan fingerprint density at radius 2 is 1.26 bits per heavy atom. The summed E-state index contributed by atoms with van der Waals surface area (Å²) < 4.78 is 5.19. The number of ether oxygens (including phenoxy) is 1. The van der Waals surface area contributed by atoms with Crippen molar-refractivity contribution in [2.45, 2.75) is 5.92 Å². The lowest BCUT2D eigenvalue weighted by Crippen LogP contribution is -2.06. The molecule has 0 saturated heterocycles. The zero-order chi connectivity index (χ0) is 19.4. The molecule has 3 aromatic rings. The normalized spacial score (nSPS) is 10.6. The van der Waals surface area contributed by atoms with Crippen molar-refractivity contribution in [1.82, 2.24) is 0 Å². The van der Waals surface area contributed by atoms with Gasteiger partial charge in [0.1, 0.15) is 29.8 Å². The minimum Gasteiger partial charge on any atom is -0.508 e. The summed E-state index contributed by atoms with van der Waals surface area (Å²) in [6, 6.07) is 16.2. The largest absolute Gasteiger partial charge is 0.508 e. The molecule has 27 heavy (non-hydrogen) atoms. The van der Waals surface area contributed by atoms with E-state index in [1.807, 2.05) is 12.1 Å². The van der Waals surface area contributed by atoms with Gasteiger partial charge in [-0.05, 0) is 54.1 Å². The Balaban J connectivity index is 2.26. The minimum absolute atomic E-state index is 0.0164. The van der Waals surface area contributed by atoms with Crippen molar-refractivity contribution in [3.63, 3.8) is 0 Å². The van der Waals surface area contributed by atoms with Gasteiger partial charge in [-0.1, -0.05) is 12.1 Å². The monoisotopic (exact) mass is 362 g/mol. The zero-order valence-electron chi connectivity index (χ0n) is 14.6. The molecule has 3 rings (SSSR count). The van der Waals surface area contributed by atoms with Gasteiger partial charge in [0.25, 0.3) is 0 Å². The number of hydrogen-bond acceptors (Lipinski definition) is 5. The van der Waals surface area contributed by atoms with Gasteiger partial charge in [-0.3, -0.25) is 9.59 Å². The first-order valence-corrected chi connectivity index (χ1v) is 8.27. The summed E-state index contributed by atoms with van der Waals surface area (Å²) in [6.07, 6.45) is 1.38. The lowest BCUT2D eigenvalue weighted by Gasteiger charge is -2.22. The molecule has 136 valence electrons. The van der Waals surface area contributed by atoms with E-state index in [1.54, 1.807) is 31.4 Å². The van der Waals surface area contributed by atoms with E-state index >= 15 is 0 Å². The molecule has 0 aromatic heterocycles. The molecule has 0 atom stereocenters. The van der Waals surface area contributed by atoms with Crippen molar-refractivity contribution in [3.05, 3.63) is 88.5 Å². The predicted molar refractivity (Wildman–Crippen MR) is 101 cm³/mol. The van der Waals surface area contributed by atoms with E-state index in [-0.39, 0.29) is 11.5 Å². The van der Waals surface area contributed by atoms with E-state index in [1.165, 1.54) is 24.3 Å². The predicted octanol–water partition coefficient (Wildman–Crippen LogP) is 3.91. The van der Waals surface area contributed by atoms with Gasteiger partial charge >= 0.3 is 0 Å². The van der Waals surface area contributed by atoms with Gasteiger partial charge in [-0.2, -0.15) is 0 Å². The average molecular weight is 362 g/mol. The zero-order valence-corrected chi connectivity index (χ0v) is 14.6. The summed E-state index contributed by atoms with van der Waals surface area (Å²) >= 11 is 0. The van der Waals surface area contributed by atoms with E-state index in [2.05, 4.69) is 0 Å². The highest BCUT2D eigenvalue weighted by atomic mass is 16.5. The number of phenols is 2. The van der Waals surface area contributed by atoms with Gasteiger partial charge in [-0.15, -0.1) is 0 Å². The summed E-state index contributed by atoms with van der Waals surface area (Å²) in [4.78, 5) is 22.4. The molecule has 0 heterocycles. The molecule has 0 aliphatic carbocycles. The van der Waals surface area contributed by atoms with Crippen LogP contribution < -0.4 is 4.74 Å². The fourth-order valence-corrected chi connectivity index (χ4v) is 3.08. The number of hydrogen-bond donors (Lipinski definition) is 2. The smallest absolute Gasteiger partial charge is 0.150 e. The van der Waals surface area contributed by atoms with Crippen LogP contribution in [0.5, 0.6) is 17.2 Å². The number of methoxy groups -OCH3 is 1. The van der Waals surface area contributed by atoms with Gasteiger partial charge in [0.05, 0.1) is 7.11 Å². The van der Waals surface area contributed by atoms with Crippen molar-refractivity contribution in [3.8, 4) is 17.2 Å². The highest BCUT2D eigenvalue weighted by Crippen LogP contribution is 2.41. The van der Waals surface area contributed by atoms with E-state index in [0.717, 1.165) is 5.56 Å². The summed E-state index contributed by atoms with van der Waals surface area (Å²) in [7, 11) is 1.56. The first-order chi connectivity index (χ1) is 13.1. The van der Waals surface area contributed by atoms with E-state index < -0.39 is 5.92 Å². The molecule has 0 spiro atoms. The summed E-state index contributed by atoms with van der Waals surface area (Å²) in [5.41, 5.74) is 2.44. The van der Waals surface area contributed by atoms with Gasteiger partial charge in [0.15, 0.2) is 0 Å². The average Bonchev–Trinajstić information content (AvgIpc) is 2.71. The topological polar surface area (TPSA) is 83.8 Å². The lowest BCUT2D eigenvalue weighted by atomic mass is 9.83.